The molecule has 2 unspecified atom stereocenters. The number of fused-ring (bicyclic) bond motifs is 1. The van der Waals surface area contributed by atoms with Crippen LogP contribution in [0.3, 0.4) is 0 Å². The van der Waals surface area contributed by atoms with E-state index in [9.17, 15) is 4.79 Å². The normalized spacial score (nSPS) is 21.2. The van der Waals surface area contributed by atoms with E-state index in [2.05, 4.69) is 94.7 Å². The average molecular weight is 475 g/mol. The van der Waals surface area contributed by atoms with Crippen LogP contribution in [-0.4, -0.2) is 48.4 Å². The number of carbonyl (C=O) groups is 1. The van der Waals surface area contributed by atoms with Crippen molar-refractivity contribution >= 4 is 16.7 Å². The first-order valence-electron chi connectivity index (χ1n) is 13.3. The molecule has 0 radical (unpaired) electrons. The van der Waals surface area contributed by atoms with Crippen LogP contribution in [0.2, 0.25) is 0 Å². The number of rotatable bonds is 5. The molecule has 182 valence electrons. The highest BCUT2D eigenvalue weighted by molar-refractivity contribution is 5.98. The molecule has 0 aromatic heterocycles. The van der Waals surface area contributed by atoms with Crippen molar-refractivity contribution in [3.05, 3.63) is 120 Å². The second-order valence-electron chi connectivity index (χ2n) is 10.5. The molecule has 2 fully saturated rings. The van der Waals surface area contributed by atoms with Crippen molar-refractivity contribution in [1.29, 1.82) is 0 Å². The Balaban J connectivity index is 1.17. The highest BCUT2D eigenvalue weighted by Crippen LogP contribution is 2.36. The first kappa shape index (κ1) is 23.0. The van der Waals surface area contributed by atoms with E-state index in [4.69, 9.17) is 0 Å². The van der Waals surface area contributed by atoms with Crippen molar-refractivity contribution in [2.45, 2.75) is 24.7 Å². The summed E-state index contributed by atoms with van der Waals surface area (Å²) in [6, 6.07) is 36.2. The second-order valence-corrected chi connectivity index (χ2v) is 10.5. The summed E-state index contributed by atoms with van der Waals surface area (Å²) in [4.78, 5) is 18.4. The van der Waals surface area contributed by atoms with Crippen LogP contribution in [0.15, 0.2) is 103 Å². The maximum absolute atomic E-state index is 13.6. The highest BCUT2D eigenvalue weighted by Gasteiger charge is 2.37. The lowest BCUT2D eigenvalue weighted by Crippen LogP contribution is -2.38. The molecule has 0 aliphatic carbocycles. The molecule has 2 aliphatic rings. The molecule has 0 spiro atoms. The molecule has 2 aliphatic heterocycles. The minimum atomic E-state index is 0.159. The Hall–Kier alpha value is -3.43. The van der Waals surface area contributed by atoms with Crippen molar-refractivity contribution in [3.63, 3.8) is 0 Å². The van der Waals surface area contributed by atoms with Crippen LogP contribution in [0.25, 0.3) is 10.8 Å². The molecule has 2 heterocycles. The van der Waals surface area contributed by atoms with Crippen LogP contribution >= 0.6 is 0 Å². The molecule has 0 N–H and O–H groups in total. The van der Waals surface area contributed by atoms with Gasteiger partial charge in [-0.3, -0.25) is 4.79 Å². The third kappa shape index (κ3) is 4.81. The Bertz CT molecular complexity index is 1310. The summed E-state index contributed by atoms with van der Waals surface area (Å²) in [5.74, 6) is 1.65. The monoisotopic (exact) mass is 474 g/mol. The quantitative estimate of drug-likeness (QED) is 0.326. The standard InChI is InChI=1S/C33H34N2O/c36-33(30-16-15-26-11-7-8-14-29(26)21-30)35-23-31(32(24-35)28-12-5-2-6-13-28)22-34-19-17-27(18-20-34)25-9-3-1-4-10-25/h1-16,21,27,31-32H,17-20,22-24H2. The number of amides is 1. The molecule has 4 aromatic rings. The molecule has 0 saturated carbocycles. The number of benzene rings is 4. The molecule has 4 aromatic carbocycles. The lowest BCUT2D eigenvalue weighted by Gasteiger charge is -2.34. The maximum Gasteiger partial charge on any atom is 0.253 e. The van der Waals surface area contributed by atoms with Gasteiger partial charge < -0.3 is 9.80 Å². The fraction of sp³-hybridized carbons (Fsp3) is 0.303. The second kappa shape index (κ2) is 10.3. The molecule has 2 saturated heterocycles. The van der Waals surface area contributed by atoms with Gasteiger partial charge in [-0.05, 0) is 71.8 Å². The van der Waals surface area contributed by atoms with E-state index in [1.54, 1.807) is 0 Å². The molecule has 2 atom stereocenters. The van der Waals surface area contributed by atoms with E-state index in [-0.39, 0.29) is 5.91 Å². The van der Waals surface area contributed by atoms with Gasteiger partial charge in [0.15, 0.2) is 0 Å². The van der Waals surface area contributed by atoms with Gasteiger partial charge in [-0.1, -0.05) is 91.0 Å². The van der Waals surface area contributed by atoms with Gasteiger partial charge in [0, 0.05) is 31.1 Å². The fourth-order valence-corrected chi connectivity index (χ4v) is 6.31. The van der Waals surface area contributed by atoms with Crippen molar-refractivity contribution in [1.82, 2.24) is 9.80 Å². The lowest BCUT2D eigenvalue weighted by atomic mass is 9.86. The summed E-state index contributed by atoms with van der Waals surface area (Å²) in [5.41, 5.74) is 3.63. The van der Waals surface area contributed by atoms with Gasteiger partial charge in [-0.2, -0.15) is 0 Å². The first-order valence-corrected chi connectivity index (χ1v) is 13.3. The van der Waals surface area contributed by atoms with Crippen molar-refractivity contribution < 1.29 is 4.79 Å². The van der Waals surface area contributed by atoms with Crippen LogP contribution in [0.5, 0.6) is 0 Å². The fourth-order valence-electron chi connectivity index (χ4n) is 6.31. The van der Waals surface area contributed by atoms with Gasteiger partial charge in [-0.15, -0.1) is 0 Å². The summed E-state index contributed by atoms with van der Waals surface area (Å²) in [7, 11) is 0. The van der Waals surface area contributed by atoms with Gasteiger partial charge in [0.05, 0.1) is 0 Å². The minimum absolute atomic E-state index is 0.159. The Kier molecular flexibility index (Phi) is 6.57. The summed E-state index contributed by atoms with van der Waals surface area (Å²) in [6.45, 7) is 4.94. The number of carbonyl (C=O) groups excluding carboxylic acids is 1. The van der Waals surface area contributed by atoms with E-state index in [1.165, 1.54) is 29.4 Å². The Morgan fingerprint density at radius 1 is 0.694 bits per heavy atom. The van der Waals surface area contributed by atoms with Gasteiger partial charge in [0.25, 0.3) is 5.91 Å². The molecular weight excluding hydrogens is 440 g/mol. The molecule has 36 heavy (non-hydrogen) atoms. The SMILES string of the molecule is O=C(c1ccc2ccccc2c1)N1CC(CN2CCC(c3ccccc3)CC2)C(c2ccccc2)C1. The number of likely N-dealkylation sites (tertiary alicyclic amines) is 2. The molecule has 0 bridgehead atoms. The van der Waals surface area contributed by atoms with E-state index >= 15 is 0 Å². The van der Waals surface area contributed by atoms with Gasteiger partial charge in [0.2, 0.25) is 0 Å². The van der Waals surface area contributed by atoms with Crippen LogP contribution < -0.4 is 0 Å². The highest BCUT2D eigenvalue weighted by atomic mass is 16.2. The smallest absolute Gasteiger partial charge is 0.253 e. The number of nitrogens with zero attached hydrogens (tertiary/aromatic N) is 2. The molecular formula is C33H34N2O. The van der Waals surface area contributed by atoms with Gasteiger partial charge in [-0.25, -0.2) is 0 Å². The number of hydrogen-bond acceptors (Lipinski definition) is 2. The predicted molar refractivity (Wildman–Crippen MR) is 147 cm³/mol. The molecule has 6 rings (SSSR count). The van der Waals surface area contributed by atoms with E-state index in [1.807, 2.05) is 18.2 Å². The van der Waals surface area contributed by atoms with Crippen molar-refractivity contribution in [2.75, 3.05) is 32.7 Å². The topological polar surface area (TPSA) is 23.6 Å². The largest absolute Gasteiger partial charge is 0.338 e. The maximum atomic E-state index is 13.6. The zero-order valence-electron chi connectivity index (χ0n) is 20.8. The van der Waals surface area contributed by atoms with Crippen molar-refractivity contribution in [3.8, 4) is 0 Å². The minimum Gasteiger partial charge on any atom is -0.338 e. The van der Waals surface area contributed by atoms with E-state index < -0.39 is 0 Å². The molecule has 3 nitrogen and oxygen atoms in total. The summed E-state index contributed by atoms with van der Waals surface area (Å²) in [6.07, 6.45) is 2.43. The van der Waals surface area contributed by atoms with Crippen molar-refractivity contribution in [2.24, 2.45) is 5.92 Å². The Morgan fingerprint density at radius 3 is 2.06 bits per heavy atom. The number of hydrogen-bond donors (Lipinski definition) is 0. The Labute approximate surface area is 214 Å². The molecule has 1 amide bonds. The van der Waals surface area contributed by atoms with Crippen LogP contribution in [0, 0.1) is 5.92 Å². The van der Waals surface area contributed by atoms with Crippen LogP contribution in [0.1, 0.15) is 46.2 Å². The summed E-state index contributed by atoms with van der Waals surface area (Å²) in [5, 5.41) is 2.30. The van der Waals surface area contributed by atoms with Crippen LogP contribution in [0.4, 0.5) is 0 Å². The van der Waals surface area contributed by atoms with Crippen LogP contribution in [-0.2, 0) is 0 Å². The van der Waals surface area contributed by atoms with Gasteiger partial charge >= 0.3 is 0 Å². The summed E-state index contributed by atoms with van der Waals surface area (Å²) < 4.78 is 0. The Morgan fingerprint density at radius 2 is 1.33 bits per heavy atom. The first-order chi connectivity index (χ1) is 17.7. The number of piperidine rings is 1. The predicted octanol–water partition coefficient (Wildman–Crippen LogP) is 6.58. The lowest BCUT2D eigenvalue weighted by molar-refractivity contribution is 0.0781. The zero-order chi connectivity index (χ0) is 24.3. The average Bonchev–Trinajstić information content (AvgIpc) is 3.37. The molecule has 3 heteroatoms. The van der Waals surface area contributed by atoms with E-state index in [0.717, 1.165) is 43.7 Å². The third-order valence-corrected chi connectivity index (χ3v) is 8.30. The van der Waals surface area contributed by atoms with Gasteiger partial charge in [0.1, 0.15) is 0 Å². The third-order valence-electron chi connectivity index (χ3n) is 8.30. The zero-order valence-corrected chi connectivity index (χ0v) is 20.8. The summed E-state index contributed by atoms with van der Waals surface area (Å²) >= 11 is 0. The van der Waals surface area contributed by atoms with E-state index in [0.29, 0.717) is 17.8 Å².